The molecule has 4 heteroatoms. The minimum absolute atomic E-state index is 1.02. The van der Waals surface area contributed by atoms with Gasteiger partial charge in [-0.05, 0) is 0 Å². The molecule has 0 aliphatic rings. The zero-order valence-corrected chi connectivity index (χ0v) is 19.0. The summed E-state index contributed by atoms with van der Waals surface area (Å²) in [6, 6.07) is 6.45. The third-order valence-corrected chi connectivity index (χ3v) is 20.8. The normalized spacial score (nSPS) is 11.6. The van der Waals surface area contributed by atoms with E-state index in [-0.39, 0.29) is 0 Å². The van der Waals surface area contributed by atoms with Crippen LogP contribution in [0, 0.1) is 0 Å². The van der Waals surface area contributed by atoms with Crippen molar-refractivity contribution in [3.8, 4) is 11.3 Å². The summed E-state index contributed by atoms with van der Waals surface area (Å²) in [6.07, 6.45) is 13.8. The topological polar surface area (TPSA) is 38.7 Å². The van der Waals surface area contributed by atoms with E-state index in [1.165, 1.54) is 51.8 Å². The fourth-order valence-electron chi connectivity index (χ4n) is 3.67. The molecule has 0 aliphatic heterocycles. The van der Waals surface area contributed by atoms with Crippen molar-refractivity contribution in [3.63, 3.8) is 0 Å². The Hall–Kier alpha value is -0.971. The molecule has 0 aliphatic carbocycles. The number of hydrogen-bond donors (Lipinski definition) is 0. The molecule has 0 fully saturated rings. The predicted molar refractivity (Wildman–Crippen MR) is 110 cm³/mol. The zero-order valence-electron chi connectivity index (χ0n) is 16.2. The van der Waals surface area contributed by atoms with Crippen LogP contribution in [-0.2, 0) is 0 Å². The third-order valence-electron chi connectivity index (χ3n) is 5.27. The van der Waals surface area contributed by atoms with Crippen LogP contribution in [0.5, 0.6) is 0 Å². The fraction of sp³-hybridized carbons (Fsp3) is 0.571. The van der Waals surface area contributed by atoms with E-state index in [9.17, 15) is 0 Å². The molecule has 25 heavy (non-hydrogen) atoms. The second kappa shape index (κ2) is 10.9. The molecule has 0 saturated heterocycles. The Morgan fingerprint density at radius 2 is 1.40 bits per heavy atom. The molecule has 2 aromatic rings. The molecule has 0 N–H and O–H groups in total. The van der Waals surface area contributed by atoms with Gasteiger partial charge in [0.15, 0.2) is 0 Å². The number of nitrogens with zero attached hydrogens (tertiary/aromatic N) is 3. The molecule has 0 amide bonds. The fourth-order valence-corrected chi connectivity index (χ4v) is 19.3. The average Bonchev–Trinajstić information content (AvgIpc) is 2.68. The summed E-state index contributed by atoms with van der Waals surface area (Å²) < 4.78 is 5.98. The Kier molecular flexibility index (Phi) is 8.86. The quantitative estimate of drug-likeness (QED) is 0.423. The monoisotopic (exact) mass is 447 g/mol. The van der Waals surface area contributed by atoms with Crippen LogP contribution in [-0.4, -0.2) is 33.6 Å². The van der Waals surface area contributed by atoms with E-state index >= 15 is 0 Å². The van der Waals surface area contributed by atoms with Gasteiger partial charge in [0.05, 0.1) is 0 Å². The molecule has 2 aromatic heterocycles. The Morgan fingerprint density at radius 3 is 1.92 bits per heavy atom. The second-order valence-corrected chi connectivity index (χ2v) is 20.4. The van der Waals surface area contributed by atoms with Gasteiger partial charge in [0.25, 0.3) is 0 Å². The van der Waals surface area contributed by atoms with E-state index in [1.54, 1.807) is 3.58 Å². The van der Waals surface area contributed by atoms with Crippen LogP contribution in [0.4, 0.5) is 0 Å². The molecule has 2 rings (SSSR count). The second-order valence-electron chi connectivity index (χ2n) is 7.16. The zero-order chi connectivity index (χ0) is 18.0. The minimum atomic E-state index is -2.42. The Balaban J connectivity index is 2.40. The van der Waals surface area contributed by atoms with E-state index in [4.69, 9.17) is 0 Å². The number of unbranched alkanes of at least 4 members (excludes halogenated alkanes) is 3. The molecule has 136 valence electrons. The van der Waals surface area contributed by atoms with E-state index in [0.717, 1.165) is 11.3 Å². The number of aromatic nitrogens is 3. The molecule has 3 nitrogen and oxygen atoms in total. The summed E-state index contributed by atoms with van der Waals surface area (Å²) in [7, 11) is 0. The standard InChI is InChI=1S/C9H6N3.3C4H9.Sn/c1-2-9(12-11-5-1)8-3-6-10-7-4-8;3*1-3-4-2;/h2-7H;3*1,3-4H2,2H3;. The maximum atomic E-state index is 4.43. The molecule has 0 bridgehead atoms. The molecule has 0 atom stereocenters. The Bertz CT molecular complexity index is 594. The number of pyridine rings is 1. The van der Waals surface area contributed by atoms with E-state index < -0.39 is 18.4 Å². The predicted octanol–water partition coefficient (Wildman–Crippen LogP) is 5.59. The van der Waals surface area contributed by atoms with Crippen LogP contribution in [0.1, 0.15) is 59.3 Å². The number of rotatable bonds is 11. The van der Waals surface area contributed by atoms with Gasteiger partial charge in [0.2, 0.25) is 0 Å². The van der Waals surface area contributed by atoms with Crippen molar-refractivity contribution < 1.29 is 0 Å². The number of hydrogen-bond acceptors (Lipinski definition) is 3. The van der Waals surface area contributed by atoms with E-state index in [0.29, 0.717) is 0 Å². The van der Waals surface area contributed by atoms with Crippen molar-refractivity contribution in [1.29, 1.82) is 0 Å². The molecule has 0 spiro atoms. The van der Waals surface area contributed by atoms with Crippen molar-refractivity contribution in [3.05, 3.63) is 36.8 Å². The summed E-state index contributed by atoms with van der Waals surface area (Å²) >= 11 is -2.42. The van der Waals surface area contributed by atoms with Crippen LogP contribution in [0.3, 0.4) is 0 Å². The molecule has 0 aromatic carbocycles. The van der Waals surface area contributed by atoms with Crippen molar-refractivity contribution >= 4 is 22.0 Å². The van der Waals surface area contributed by atoms with Gasteiger partial charge in [-0.15, -0.1) is 0 Å². The van der Waals surface area contributed by atoms with Crippen molar-refractivity contribution in [2.45, 2.75) is 72.6 Å². The first-order valence-electron chi connectivity index (χ1n) is 9.99. The van der Waals surface area contributed by atoms with Crippen LogP contribution in [0.15, 0.2) is 36.8 Å². The molecular formula is C21H33N3Sn. The Morgan fingerprint density at radius 1 is 0.840 bits per heavy atom. The van der Waals surface area contributed by atoms with Gasteiger partial charge in [-0.3, -0.25) is 0 Å². The first-order chi connectivity index (χ1) is 12.3. The summed E-state index contributed by atoms with van der Waals surface area (Å²) in [5.74, 6) is 0. The van der Waals surface area contributed by atoms with Crippen molar-refractivity contribution in [1.82, 2.24) is 15.2 Å². The molecular weight excluding hydrogens is 413 g/mol. The molecule has 2 heterocycles. The van der Waals surface area contributed by atoms with Gasteiger partial charge in [0, 0.05) is 0 Å². The van der Waals surface area contributed by atoms with Crippen LogP contribution >= 0.6 is 0 Å². The molecule has 0 unspecified atom stereocenters. The van der Waals surface area contributed by atoms with E-state index in [2.05, 4.69) is 48.2 Å². The van der Waals surface area contributed by atoms with Gasteiger partial charge in [0.1, 0.15) is 0 Å². The van der Waals surface area contributed by atoms with E-state index in [1.807, 2.05) is 24.5 Å². The SMILES string of the molecule is CCC[CH2][Sn]([CH2]CCC)([CH2]CCC)[c]1cnnc(-c2ccncc2)c1. The van der Waals surface area contributed by atoms with Gasteiger partial charge in [-0.25, -0.2) is 0 Å². The van der Waals surface area contributed by atoms with Crippen LogP contribution < -0.4 is 3.58 Å². The van der Waals surface area contributed by atoms with Crippen molar-refractivity contribution in [2.75, 3.05) is 0 Å². The van der Waals surface area contributed by atoms with Gasteiger partial charge >= 0.3 is 158 Å². The average molecular weight is 446 g/mol. The third kappa shape index (κ3) is 5.77. The maximum absolute atomic E-state index is 4.43. The summed E-state index contributed by atoms with van der Waals surface area (Å²) in [4.78, 5) is 4.13. The molecule has 0 saturated carbocycles. The van der Waals surface area contributed by atoms with Crippen LogP contribution in [0.25, 0.3) is 11.3 Å². The van der Waals surface area contributed by atoms with Gasteiger partial charge in [-0.1, -0.05) is 0 Å². The first-order valence-corrected chi connectivity index (χ1v) is 17.5. The van der Waals surface area contributed by atoms with Gasteiger partial charge < -0.3 is 0 Å². The van der Waals surface area contributed by atoms with Crippen LogP contribution in [0.2, 0.25) is 13.3 Å². The summed E-state index contributed by atoms with van der Waals surface area (Å²) in [5.41, 5.74) is 2.15. The first kappa shape index (κ1) is 20.3. The summed E-state index contributed by atoms with van der Waals surface area (Å²) in [6.45, 7) is 6.97. The molecule has 0 radical (unpaired) electrons. The Labute approximate surface area is 157 Å². The van der Waals surface area contributed by atoms with Crippen molar-refractivity contribution in [2.24, 2.45) is 0 Å². The summed E-state index contributed by atoms with van der Waals surface area (Å²) in [5, 5.41) is 8.85. The van der Waals surface area contributed by atoms with Gasteiger partial charge in [-0.2, -0.15) is 0 Å².